The van der Waals surface area contributed by atoms with Crippen LogP contribution in [-0.2, 0) is 4.79 Å². The maximum atomic E-state index is 12.3. The van der Waals surface area contributed by atoms with Crippen molar-refractivity contribution >= 4 is 17.6 Å². The van der Waals surface area contributed by atoms with Crippen molar-refractivity contribution in [2.24, 2.45) is 11.3 Å². The van der Waals surface area contributed by atoms with E-state index in [-0.39, 0.29) is 22.8 Å². The minimum atomic E-state index is -0.973. The number of aromatic carboxylic acids is 1. The van der Waals surface area contributed by atoms with Crippen LogP contribution < -0.4 is 5.32 Å². The van der Waals surface area contributed by atoms with Crippen LogP contribution in [0.5, 0.6) is 0 Å². The average Bonchev–Trinajstić information content (AvgIpc) is 2.90. The monoisotopic (exact) mass is 273 g/mol. The van der Waals surface area contributed by atoms with Gasteiger partial charge in [-0.2, -0.15) is 0 Å². The van der Waals surface area contributed by atoms with Gasteiger partial charge in [-0.15, -0.1) is 0 Å². The fourth-order valence-electron chi connectivity index (χ4n) is 3.46. The number of nitrogens with one attached hydrogen (secondary N) is 1. The molecule has 1 unspecified atom stereocenters. The molecule has 0 heterocycles. The highest BCUT2D eigenvalue weighted by Crippen LogP contribution is 2.63. The first kappa shape index (κ1) is 13.2. The van der Waals surface area contributed by atoms with Crippen LogP contribution in [0.1, 0.15) is 48.0 Å². The summed E-state index contributed by atoms with van der Waals surface area (Å²) in [7, 11) is 0. The van der Waals surface area contributed by atoms with Gasteiger partial charge in [-0.1, -0.05) is 18.9 Å². The summed E-state index contributed by atoms with van der Waals surface area (Å²) >= 11 is 0. The number of carboxylic acids is 1. The Morgan fingerprint density at radius 3 is 2.65 bits per heavy atom. The molecule has 0 bridgehead atoms. The zero-order chi connectivity index (χ0) is 14.3. The van der Waals surface area contributed by atoms with E-state index >= 15 is 0 Å². The molecule has 2 fully saturated rings. The van der Waals surface area contributed by atoms with Crippen molar-refractivity contribution in [2.75, 3.05) is 5.32 Å². The summed E-state index contributed by atoms with van der Waals surface area (Å²) in [6, 6.07) is 4.83. The second-order valence-corrected chi connectivity index (χ2v) is 6.15. The molecule has 1 amide bonds. The molecule has 2 aliphatic carbocycles. The lowest BCUT2D eigenvalue weighted by atomic mass is 10.0. The Kier molecular flexibility index (Phi) is 3.04. The summed E-state index contributed by atoms with van der Waals surface area (Å²) in [6.07, 6.45) is 5.80. The molecule has 2 aliphatic rings. The highest BCUT2D eigenvalue weighted by Gasteiger charge is 2.58. The molecule has 1 aromatic carbocycles. The van der Waals surface area contributed by atoms with Crippen LogP contribution in [0, 0.1) is 18.3 Å². The second kappa shape index (κ2) is 4.62. The molecule has 4 heteroatoms. The number of anilines is 1. The van der Waals surface area contributed by atoms with Gasteiger partial charge in [0.05, 0.1) is 5.56 Å². The van der Waals surface area contributed by atoms with Crippen molar-refractivity contribution in [3.8, 4) is 0 Å². The zero-order valence-electron chi connectivity index (χ0n) is 11.6. The van der Waals surface area contributed by atoms with Gasteiger partial charge < -0.3 is 10.4 Å². The second-order valence-electron chi connectivity index (χ2n) is 6.15. The van der Waals surface area contributed by atoms with Crippen LogP contribution in [0.15, 0.2) is 18.2 Å². The predicted octanol–water partition coefficient (Wildman–Crippen LogP) is 3.21. The number of hydrogen-bond acceptors (Lipinski definition) is 2. The molecular formula is C16H19NO3. The molecule has 1 spiro atoms. The van der Waals surface area contributed by atoms with Crippen LogP contribution in [-0.4, -0.2) is 17.0 Å². The van der Waals surface area contributed by atoms with E-state index in [9.17, 15) is 9.59 Å². The van der Waals surface area contributed by atoms with Gasteiger partial charge in [0.2, 0.25) is 5.91 Å². The van der Waals surface area contributed by atoms with Crippen molar-refractivity contribution < 1.29 is 14.7 Å². The van der Waals surface area contributed by atoms with Crippen molar-refractivity contribution in [2.45, 2.75) is 39.0 Å². The van der Waals surface area contributed by atoms with Crippen molar-refractivity contribution in [3.05, 3.63) is 29.3 Å². The van der Waals surface area contributed by atoms with E-state index in [1.807, 2.05) is 6.92 Å². The number of aryl methyl sites for hydroxylation is 1. The van der Waals surface area contributed by atoms with E-state index in [1.165, 1.54) is 25.7 Å². The Balaban J connectivity index is 1.73. The van der Waals surface area contributed by atoms with Gasteiger partial charge in [-0.25, -0.2) is 4.79 Å². The van der Waals surface area contributed by atoms with Crippen LogP contribution in [0.2, 0.25) is 0 Å². The first-order valence-corrected chi connectivity index (χ1v) is 7.17. The summed E-state index contributed by atoms with van der Waals surface area (Å²) in [6.45, 7) is 1.87. The highest BCUT2D eigenvalue weighted by molar-refractivity contribution is 5.97. The molecule has 1 atom stereocenters. The van der Waals surface area contributed by atoms with Gasteiger partial charge in [-0.3, -0.25) is 4.79 Å². The van der Waals surface area contributed by atoms with E-state index in [1.54, 1.807) is 18.2 Å². The van der Waals surface area contributed by atoms with Gasteiger partial charge >= 0.3 is 5.97 Å². The first-order valence-electron chi connectivity index (χ1n) is 7.17. The van der Waals surface area contributed by atoms with Gasteiger partial charge in [-0.05, 0) is 49.3 Å². The van der Waals surface area contributed by atoms with Crippen LogP contribution in [0.3, 0.4) is 0 Å². The van der Waals surface area contributed by atoms with Gasteiger partial charge in [0.25, 0.3) is 0 Å². The largest absolute Gasteiger partial charge is 0.478 e. The standard InChI is InChI=1S/C16H19NO3/c1-10-4-5-11(15(19)20)8-13(10)17-14(18)12-9-16(12)6-2-3-7-16/h4-5,8,12H,2-3,6-7,9H2,1H3,(H,17,18)(H,19,20). The molecule has 106 valence electrons. The van der Waals surface area contributed by atoms with Gasteiger partial charge in [0, 0.05) is 11.6 Å². The van der Waals surface area contributed by atoms with Gasteiger partial charge in [0.1, 0.15) is 0 Å². The number of carbonyl (C=O) groups excluding carboxylic acids is 1. The lowest BCUT2D eigenvalue weighted by molar-refractivity contribution is -0.118. The third kappa shape index (κ3) is 2.19. The number of hydrogen-bond donors (Lipinski definition) is 2. The van der Waals surface area contributed by atoms with E-state index in [4.69, 9.17) is 5.11 Å². The molecular weight excluding hydrogens is 254 g/mol. The topological polar surface area (TPSA) is 66.4 Å². The summed E-state index contributed by atoms with van der Waals surface area (Å²) in [4.78, 5) is 23.3. The SMILES string of the molecule is Cc1ccc(C(=O)O)cc1NC(=O)C1CC12CCCC2. The Labute approximate surface area is 118 Å². The number of benzene rings is 1. The molecule has 0 saturated heterocycles. The molecule has 20 heavy (non-hydrogen) atoms. The molecule has 0 aromatic heterocycles. The minimum Gasteiger partial charge on any atom is -0.478 e. The lowest BCUT2D eigenvalue weighted by Gasteiger charge is -2.11. The zero-order valence-corrected chi connectivity index (χ0v) is 11.6. The minimum absolute atomic E-state index is 0.0533. The molecule has 2 saturated carbocycles. The molecule has 3 rings (SSSR count). The Morgan fingerprint density at radius 1 is 1.30 bits per heavy atom. The summed E-state index contributed by atoms with van der Waals surface area (Å²) in [5.41, 5.74) is 1.99. The maximum absolute atomic E-state index is 12.3. The average molecular weight is 273 g/mol. The Morgan fingerprint density at radius 2 is 2.00 bits per heavy atom. The van der Waals surface area contributed by atoms with E-state index in [2.05, 4.69) is 5.32 Å². The summed E-state index contributed by atoms with van der Waals surface area (Å²) in [5.74, 6) is -0.797. The molecule has 4 nitrogen and oxygen atoms in total. The normalized spacial score (nSPS) is 22.8. The van der Waals surface area contributed by atoms with Crippen molar-refractivity contribution in [3.63, 3.8) is 0 Å². The highest BCUT2D eigenvalue weighted by atomic mass is 16.4. The Hall–Kier alpha value is -1.84. The van der Waals surface area contributed by atoms with Crippen LogP contribution >= 0.6 is 0 Å². The number of rotatable bonds is 3. The van der Waals surface area contributed by atoms with E-state index in [0.717, 1.165) is 12.0 Å². The Bertz CT molecular complexity index is 573. The van der Waals surface area contributed by atoms with E-state index in [0.29, 0.717) is 5.69 Å². The molecule has 0 radical (unpaired) electrons. The predicted molar refractivity (Wildman–Crippen MR) is 75.8 cm³/mol. The quantitative estimate of drug-likeness (QED) is 0.888. The summed E-state index contributed by atoms with van der Waals surface area (Å²) in [5, 5.41) is 11.9. The summed E-state index contributed by atoms with van der Waals surface area (Å²) < 4.78 is 0. The van der Waals surface area contributed by atoms with Crippen molar-refractivity contribution in [1.29, 1.82) is 0 Å². The van der Waals surface area contributed by atoms with Crippen LogP contribution in [0.4, 0.5) is 5.69 Å². The smallest absolute Gasteiger partial charge is 0.335 e. The fourth-order valence-corrected chi connectivity index (χ4v) is 3.46. The molecule has 1 aromatic rings. The van der Waals surface area contributed by atoms with Gasteiger partial charge in [0.15, 0.2) is 0 Å². The lowest BCUT2D eigenvalue weighted by Crippen LogP contribution is -2.18. The third-order valence-corrected chi connectivity index (χ3v) is 4.85. The molecule has 2 N–H and O–H groups in total. The maximum Gasteiger partial charge on any atom is 0.335 e. The number of carboxylic acid groups (broad SMARTS) is 1. The number of amides is 1. The fraction of sp³-hybridized carbons (Fsp3) is 0.500. The first-order chi connectivity index (χ1) is 9.52. The van der Waals surface area contributed by atoms with E-state index < -0.39 is 5.97 Å². The van der Waals surface area contributed by atoms with Crippen molar-refractivity contribution in [1.82, 2.24) is 0 Å². The number of carbonyl (C=O) groups is 2. The van der Waals surface area contributed by atoms with Crippen LogP contribution in [0.25, 0.3) is 0 Å². The molecule has 0 aliphatic heterocycles. The third-order valence-electron chi connectivity index (χ3n) is 4.85.